The van der Waals surface area contributed by atoms with E-state index in [9.17, 15) is 13.2 Å². The Morgan fingerprint density at radius 2 is 2.10 bits per heavy atom. The smallest absolute Gasteiger partial charge is 0.241 e. The Morgan fingerprint density at radius 3 is 2.65 bits per heavy atom. The van der Waals surface area contributed by atoms with Gasteiger partial charge in [0.25, 0.3) is 0 Å². The van der Waals surface area contributed by atoms with Crippen molar-refractivity contribution in [3.05, 3.63) is 23.8 Å². The SMILES string of the molecule is CCCCC(=O)NCc1ccc(OC)c(S(N)(=O)=O)c1. The fourth-order valence-electron chi connectivity index (χ4n) is 1.68. The first-order chi connectivity index (χ1) is 9.38. The minimum absolute atomic E-state index is 0.0557. The molecular weight excluding hydrogens is 280 g/mol. The number of primary sulfonamides is 1. The molecule has 0 bridgehead atoms. The number of benzene rings is 1. The normalized spacial score (nSPS) is 11.2. The van der Waals surface area contributed by atoms with E-state index in [-0.39, 0.29) is 23.1 Å². The minimum atomic E-state index is -3.86. The molecule has 3 N–H and O–H groups in total. The number of amides is 1. The summed E-state index contributed by atoms with van der Waals surface area (Å²) in [6.45, 7) is 2.27. The summed E-state index contributed by atoms with van der Waals surface area (Å²) in [6, 6.07) is 4.62. The van der Waals surface area contributed by atoms with Crippen LogP contribution < -0.4 is 15.2 Å². The molecule has 1 aromatic carbocycles. The molecule has 0 aromatic heterocycles. The number of sulfonamides is 1. The standard InChI is InChI=1S/C13H20N2O4S/c1-3-4-5-13(16)15-9-10-6-7-11(19-2)12(8-10)20(14,17)18/h6-8H,3-5,9H2,1-2H3,(H,15,16)(H2,14,17,18). The summed E-state index contributed by atoms with van der Waals surface area (Å²) in [6.07, 6.45) is 2.25. The first-order valence-electron chi connectivity index (χ1n) is 6.35. The highest BCUT2D eigenvalue weighted by Crippen LogP contribution is 2.23. The molecule has 0 aliphatic carbocycles. The van der Waals surface area contributed by atoms with Gasteiger partial charge in [-0.25, -0.2) is 13.6 Å². The molecule has 1 amide bonds. The average molecular weight is 300 g/mol. The van der Waals surface area contributed by atoms with Crippen molar-refractivity contribution in [2.24, 2.45) is 5.14 Å². The van der Waals surface area contributed by atoms with Crippen LogP contribution >= 0.6 is 0 Å². The van der Waals surface area contributed by atoms with Crippen molar-refractivity contribution in [2.75, 3.05) is 7.11 Å². The maximum Gasteiger partial charge on any atom is 0.241 e. The lowest BCUT2D eigenvalue weighted by atomic mass is 10.2. The van der Waals surface area contributed by atoms with E-state index in [2.05, 4.69) is 5.32 Å². The van der Waals surface area contributed by atoms with Gasteiger partial charge in [0.1, 0.15) is 10.6 Å². The topological polar surface area (TPSA) is 98.5 Å². The highest BCUT2D eigenvalue weighted by molar-refractivity contribution is 7.89. The van der Waals surface area contributed by atoms with Gasteiger partial charge in [0.2, 0.25) is 15.9 Å². The quantitative estimate of drug-likeness (QED) is 0.789. The zero-order chi connectivity index (χ0) is 15.2. The van der Waals surface area contributed by atoms with Crippen LogP contribution in [0.15, 0.2) is 23.1 Å². The molecular formula is C13H20N2O4S. The molecule has 0 spiro atoms. The Balaban J connectivity index is 2.80. The number of carbonyl (C=O) groups is 1. The number of nitrogens with one attached hydrogen (secondary N) is 1. The van der Waals surface area contributed by atoms with Crippen molar-refractivity contribution in [1.29, 1.82) is 0 Å². The maximum atomic E-state index is 11.5. The van der Waals surface area contributed by atoms with Crippen molar-refractivity contribution < 1.29 is 17.9 Å². The lowest BCUT2D eigenvalue weighted by Gasteiger charge is -2.10. The Hall–Kier alpha value is -1.60. The van der Waals surface area contributed by atoms with Crippen LogP contribution in [-0.2, 0) is 21.4 Å². The van der Waals surface area contributed by atoms with Crippen molar-refractivity contribution in [2.45, 2.75) is 37.6 Å². The zero-order valence-electron chi connectivity index (χ0n) is 11.7. The van der Waals surface area contributed by atoms with Gasteiger partial charge in [-0.1, -0.05) is 19.4 Å². The molecule has 1 aromatic rings. The van der Waals surface area contributed by atoms with Gasteiger partial charge in [0.15, 0.2) is 0 Å². The van der Waals surface area contributed by atoms with Crippen LogP contribution in [0.2, 0.25) is 0 Å². The number of unbranched alkanes of at least 4 members (excludes halogenated alkanes) is 1. The summed E-state index contributed by atoms with van der Waals surface area (Å²) in [4.78, 5) is 11.4. The average Bonchev–Trinajstić information content (AvgIpc) is 2.41. The number of carbonyl (C=O) groups excluding carboxylic acids is 1. The molecule has 0 aliphatic rings. The van der Waals surface area contributed by atoms with E-state index < -0.39 is 10.0 Å². The van der Waals surface area contributed by atoms with Crippen LogP contribution in [0.4, 0.5) is 0 Å². The van der Waals surface area contributed by atoms with Crippen LogP contribution in [0.3, 0.4) is 0 Å². The van der Waals surface area contributed by atoms with Gasteiger partial charge in [-0.3, -0.25) is 4.79 Å². The van der Waals surface area contributed by atoms with Crippen LogP contribution in [0.5, 0.6) is 5.75 Å². The summed E-state index contributed by atoms with van der Waals surface area (Å²) in [5.74, 6) is 0.133. The molecule has 0 unspecified atom stereocenters. The van der Waals surface area contributed by atoms with E-state index in [0.29, 0.717) is 12.0 Å². The van der Waals surface area contributed by atoms with E-state index in [1.54, 1.807) is 6.07 Å². The van der Waals surface area contributed by atoms with Gasteiger partial charge >= 0.3 is 0 Å². The first-order valence-corrected chi connectivity index (χ1v) is 7.89. The third kappa shape index (κ3) is 4.82. The number of hydrogen-bond donors (Lipinski definition) is 2. The first kappa shape index (κ1) is 16.5. The highest BCUT2D eigenvalue weighted by atomic mass is 32.2. The molecule has 0 heterocycles. The Morgan fingerprint density at radius 1 is 1.40 bits per heavy atom. The second-order valence-corrected chi connectivity index (χ2v) is 5.94. The molecule has 0 aliphatic heterocycles. The third-order valence-corrected chi connectivity index (χ3v) is 3.71. The maximum absolute atomic E-state index is 11.5. The second-order valence-electron chi connectivity index (χ2n) is 4.41. The second kappa shape index (κ2) is 7.25. The van der Waals surface area contributed by atoms with Crippen LogP contribution in [0.25, 0.3) is 0 Å². The third-order valence-electron chi connectivity index (χ3n) is 2.78. The van der Waals surface area contributed by atoms with E-state index >= 15 is 0 Å². The summed E-state index contributed by atoms with van der Waals surface area (Å²) in [5, 5.41) is 7.86. The molecule has 1 rings (SSSR count). The number of rotatable bonds is 7. The van der Waals surface area contributed by atoms with E-state index in [1.165, 1.54) is 19.2 Å². The lowest BCUT2D eigenvalue weighted by Crippen LogP contribution is -2.22. The summed E-state index contributed by atoms with van der Waals surface area (Å²) < 4.78 is 27.9. The summed E-state index contributed by atoms with van der Waals surface area (Å²) in [7, 11) is -2.49. The van der Waals surface area contributed by atoms with Gasteiger partial charge in [-0.2, -0.15) is 0 Å². The predicted octanol–water partition coefficient (Wildman–Crippen LogP) is 1.15. The van der Waals surface area contributed by atoms with Crippen molar-refractivity contribution in [3.63, 3.8) is 0 Å². The largest absolute Gasteiger partial charge is 0.495 e. The van der Waals surface area contributed by atoms with E-state index in [0.717, 1.165) is 12.8 Å². The number of methoxy groups -OCH3 is 1. The van der Waals surface area contributed by atoms with Gasteiger partial charge in [0, 0.05) is 13.0 Å². The Labute approximate surface area is 119 Å². The summed E-state index contributed by atoms with van der Waals surface area (Å²) >= 11 is 0. The Kier molecular flexibility index (Phi) is 5.97. The lowest BCUT2D eigenvalue weighted by molar-refractivity contribution is -0.121. The number of hydrogen-bond acceptors (Lipinski definition) is 4. The highest BCUT2D eigenvalue weighted by Gasteiger charge is 2.15. The van der Waals surface area contributed by atoms with E-state index in [1.807, 2.05) is 6.92 Å². The molecule has 112 valence electrons. The van der Waals surface area contributed by atoms with Crippen LogP contribution in [0.1, 0.15) is 31.7 Å². The van der Waals surface area contributed by atoms with Crippen LogP contribution in [0, 0.1) is 0 Å². The Bertz CT molecular complexity index is 570. The molecule has 7 heteroatoms. The molecule has 0 saturated carbocycles. The zero-order valence-corrected chi connectivity index (χ0v) is 12.5. The molecule has 6 nitrogen and oxygen atoms in total. The van der Waals surface area contributed by atoms with Crippen LogP contribution in [-0.4, -0.2) is 21.4 Å². The molecule has 0 saturated heterocycles. The monoisotopic (exact) mass is 300 g/mol. The fourth-order valence-corrected chi connectivity index (χ4v) is 2.43. The molecule has 0 radical (unpaired) electrons. The van der Waals surface area contributed by atoms with Crippen molar-refractivity contribution in [1.82, 2.24) is 5.32 Å². The van der Waals surface area contributed by atoms with Gasteiger partial charge in [-0.15, -0.1) is 0 Å². The van der Waals surface area contributed by atoms with Gasteiger partial charge in [-0.05, 0) is 24.1 Å². The van der Waals surface area contributed by atoms with Crippen molar-refractivity contribution >= 4 is 15.9 Å². The van der Waals surface area contributed by atoms with E-state index in [4.69, 9.17) is 9.88 Å². The fraction of sp³-hybridized carbons (Fsp3) is 0.462. The predicted molar refractivity (Wildman–Crippen MR) is 75.7 cm³/mol. The number of nitrogens with two attached hydrogens (primary N) is 1. The van der Waals surface area contributed by atoms with Crippen molar-refractivity contribution in [3.8, 4) is 5.75 Å². The summed E-state index contributed by atoms with van der Waals surface area (Å²) in [5.41, 5.74) is 0.652. The molecule has 20 heavy (non-hydrogen) atoms. The van der Waals surface area contributed by atoms with Gasteiger partial charge in [0.05, 0.1) is 7.11 Å². The molecule has 0 fully saturated rings. The minimum Gasteiger partial charge on any atom is -0.495 e. The van der Waals surface area contributed by atoms with Gasteiger partial charge < -0.3 is 10.1 Å². The molecule has 0 atom stereocenters. The number of ether oxygens (including phenoxy) is 1.